The fourth-order valence-corrected chi connectivity index (χ4v) is 2.28. The van der Waals surface area contributed by atoms with Gasteiger partial charge in [-0.15, -0.1) is 0 Å². The van der Waals surface area contributed by atoms with Crippen LogP contribution in [0.15, 0.2) is 24.3 Å². The highest BCUT2D eigenvalue weighted by atomic mass is 16.6. The predicted octanol–water partition coefficient (Wildman–Crippen LogP) is 3.13. The van der Waals surface area contributed by atoms with E-state index < -0.39 is 0 Å². The molecule has 0 N–H and O–H groups in total. The molecule has 5 heteroatoms. The lowest BCUT2D eigenvalue weighted by molar-refractivity contribution is -0.385. The zero-order chi connectivity index (χ0) is 14.7. The van der Waals surface area contributed by atoms with Gasteiger partial charge in [-0.2, -0.15) is 0 Å². The topological polar surface area (TPSA) is 63.5 Å². The second-order valence-corrected chi connectivity index (χ2v) is 5.74. The average molecular weight is 276 g/mol. The summed E-state index contributed by atoms with van der Waals surface area (Å²) in [6.45, 7) is 4.36. The van der Waals surface area contributed by atoms with E-state index in [2.05, 4.69) is 0 Å². The highest BCUT2D eigenvalue weighted by molar-refractivity contribution is 5.77. The van der Waals surface area contributed by atoms with Gasteiger partial charge in [-0.1, -0.05) is 32.0 Å². The third kappa shape index (κ3) is 3.56. The Labute approximate surface area is 118 Å². The van der Waals surface area contributed by atoms with Crippen molar-refractivity contribution in [3.8, 4) is 0 Å². The number of nitrogens with zero attached hydrogens (tertiary/aromatic N) is 2. The lowest BCUT2D eigenvalue weighted by Crippen LogP contribution is -2.33. The first-order valence-corrected chi connectivity index (χ1v) is 7.00. The Morgan fingerprint density at radius 3 is 2.60 bits per heavy atom. The Morgan fingerprint density at radius 1 is 1.40 bits per heavy atom. The van der Waals surface area contributed by atoms with Crippen molar-refractivity contribution < 1.29 is 9.72 Å². The molecule has 1 aliphatic rings. The van der Waals surface area contributed by atoms with Crippen molar-refractivity contribution in [2.24, 2.45) is 5.92 Å². The Morgan fingerprint density at radius 2 is 2.05 bits per heavy atom. The molecule has 1 aromatic carbocycles. The normalized spacial score (nSPS) is 14.3. The van der Waals surface area contributed by atoms with Crippen LogP contribution >= 0.6 is 0 Å². The van der Waals surface area contributed by atoms with Gasteiger partial charge in [0.1, 0.15) is 0 Å². The summed E-state index contributed by atoms with van der Waals surface area (Å²) >= 11 is 0. The van der Waals surface area contributed by atoms with Crippen molar-refractivity contribution in [2.45, 2.75) is 45.7 Å². The number of benzene rings is 1. The van der Waals surface area contributed by atoms with E-state index in [4.69, 9.17) is 0 Å². The highest BCUT2D eigenvalue weighted by Gasteiger charge is 2.33. The van der Waals surface area contributed by atoms with Crippen LogP contribution in [0.3, 0.4) is 0 Å². The van der Waals surface area contributed by atoms with Gasteiger partial charge in [0, 0.05) is 24.1 Å². The van der Waals surface area contributed by atoms with Gasteiger partial charge in [-0.05, 0) is 18.8 Å². The minimum atomic E-state index is -0.382. The van der Waals surface area contributed by atoms with Crippen LogP contribution in [-0.2, 0) is 11.3 Å². The average Bonchev–Trinajstić information content (AvgIpc) is 3.19. The van der Waals surface area contributed by atoms with Gasteiger partial charge in [-0.3, -0.25) is 14.9 Å². The first kappa shape index (κ1) is 14.5. The Balaban J connectivity index is 2.16. The SMILES string of the molecule is CC(C)CC(=O)N(Cc1ccccc1[N+](=O)[O-])C1CC1. The van der Waals surface area contributed by atoms with Gasteiger partial charge in [-0.25, -0.2) is 0 Å². The van der Waals surface area contributed by atoms with Crippen LogP contribution in [0, 0.1) is 16.0 Å². The molecule has 0 spiro atoms. The molecule has 0 heterocycles. The van der Waals surface area contributed by atoms with Crippen LogP contribution in [0.2, 0.25) is 0 Å². The summed E-state index contributed by atoms with van der Waals surface area (Å²) in [6.07, 6.45) is 2.51. The molecule has 0 radical (unpaired) electrons. The van der Waals surface area contributed by atoms with Crippen LogP contribution in [-0.4, -0.2) is 21.8 Å². The lowest BCUT2D eigenvalue weighted by Gasteiger charge is -2.23. The van der Waals surface area contributed by atoms with Crippen LogP contribution in [0.25, 0.3) is 0 Å². The zero-order valence-electron chi connectivity index (χ0n) is 11.9. The Bertz CT molecular complexity index is 510. The number of hydrogen-bond donors (Lipinski definition) is 0. The fraction of sp³-hybridized carbons (Fsp3) is 0.533. The minimum Gasteiger partial charge on any atom is -0.335 e. The summed E-state index contributed by atoms with van der Waals surface area (Å²) in [5.74, 6) is 0.398. The minimum absolute atomic E-state index is 0.0931. The molecule has 20 heavy (non-hydrogen) atoms. The predicted molar refractivity (Wildman–Crippen MR) is 76.1 cm³/mol. The van der Waals surface area contributed by atoms with E-state index in [1.54, 1.807) is 18.2 Å². The number of carbonyl (C=O) groups is 1. The molecule has 1 aromatic rings. The molecule has 0 saturated heterocycles. The molecule has 1 fully saturated rings. The quantitative estimate of drug-likeness (QED) is 0.592. The van der Waals surface area contributed by atoms with Crippen LogP contribution < -0.4 is 0 Å². The maximum Gasteiger partial charge on any atom is 0.274 e. The number of nitro benzene ring substituents is 1. The summed E-state index contributed by atoms with van der Waals surface area (Å²) in [4.78, 5) is 24.7. The summed E-state index contributed by atoms with van der Waals surface area (Å²) in [6, 6.07) is 6.92. The maximum atomic E-state index is 12.3. The van der Waals surface area contributed by atoms with E-state index in [0.717, 1.165) is 12.8 Å². The second-order valence-electron chi connectivity index (χ2n) is 5.74. The highest BCUT2D eigenvalue weighted by Crippen LogP contribution is 2.31. The summed E-state index contributed by atoms with van der Waals surface area (Å²) in [5, 5.41) is 11.0. The summed E-state index contributed by atoms with van der Waals surface area (Å²) in [5.41, 5.74) is 0.706. The van der Waals surface area contributed by atoms with E-state index in [1.807, 2.05) is 18.7 Å². The van der Waals surface area contributed by atoms with Gasteiger partial charge in [0.15, 0.2) is 0 Å². The van der Waals surface area contributed by atoms with E-state index in [0.29, 0.717) is 24.4 Å². The number of rotatable bonds is 6. The van der Waals surface area contributed by atoms with E-state index in [-0.39, 0.29) is 22.6 Å². The van der Waals surface area contributed by atoms with E-state index in [1.165, 1.54) is 6.07 Å². The first-order valence-electron chi connectivity index (χ1n) is 7.00. The largest absolute Gasteiger partial charge is 0.335 e. The standard InChI is InChI=1S/C15H20N2O3/c1-11(2)9-15(18)16(13-7-8-13)10-12-5-3-4-6-14(12)17(19)20/h3-6,11,13H,7-10H2,1-2H3. The second kappa shape index (κ2) is 6.03. The number of para-hydroxylation sites is 1. The Kier molecular flexibility index (Phi) is 4.37. The van der Waals surface area contributed by atoms with Crippen LogP contribution in [0.4, 0.5) is 5.69 Å². The molecule has 0 aromatic heterocycles. The van der Waals surface area contributed by atoms with Gasteiger partial charge < -0.3 is 4.90 Å². The number of nitro groups is 1. The molecule has 1 aliphatic carbocycles. The molecule has 0 aliphatic heterocycles. The van der Waals surface area contributed by atoms with Crippen molar-refractivity contribution in [2.75, 3.05) is 0 Å². The molecule has 0 unspecified atom stereocenters. The molecule has 0 bridgehead atoms. The molecular weight excluding hydrogens is 256 g/mol. The maximum absolute atomic E-state index is 12.3. The number of carbonyl (C=O) groups excluding carboxylic acids is 1. The van der Waals surface area contributed by atoms with Gasteiger partial charge in [0.25, 0.3) is 5.69 Å². The van der Waals surface area contributed by atoms with Gasteiger partial charge in [0.2, 0.25) is 5.91 Å². The van der Waals surface area contributed by atoms with Crippen molar-refractivity contribution >= 4 is 11.6 Å². The summed E-state index contributed by atoms with van der Waals surface area (Å²) in [7, 11) is 0. The first-order chi connectivity index (χ1) is 9.49. The van der Waals surface area contributed by atoms with Crippen molar-refractivity contribution in [1.29, 1.82) is 0 Å². The molecule has 1 amide bonds. The smallest absolute Gasteiger partial charge is 0.274 e. The van der Waals surface area contributed by atoms with Crippen molar-refractivity contribution in [1.82, 2.24) is 4.90 Å². The molecule has 1 saturated carbocycles. The van der Waals surface area contributed by atoms with Crippen LogP contribution in [0.5, 0.6) is 0 Å². The molecule has 5 nitrogen and oxygen atoms in total. The molecule has 0 atom stereocenters. The number of hydrogen-bond acceptors (Lipinski definition) is 3. The lowest BCUT2D eigenvalue weighted by atomic mass is 10.1. The molecular formula is C15H20N2O3. The van der Waals surface area contributed by atoms with Crippen LogP contribution in [0.1, 0.15) is 38.7 Å². The Hall–Kier alpha value is -1.91. The fourth-order valence-electron chi connectivity index (χ4n) is 2.28. The zero-order valence-corrected chi connectivity index (χ0v) is 11.9. The van der Waals surface area contributed by atoms with Crippen molar-refractivity contribution in [3.63, 3.8) is 0 Å². The number of amides is 1. The summed E-state index contributed by atoms with van der Waals surface area (Å²) < 4.78 is 0. The van der Waals surface area contributed by atoms with Gasteiger partial charge in [0.05, 0.1) is 11.5 Å². The van der Waals surface area contributed by atoms with E-state index in [9.17, 15) is 14.9 Å². The molecule has 2 rings (SSSR count). The third-order valence-electron chi connectivity index (χ3n) is 3.42. The van der Waals surface area contributed by atoms with E-state index >= 15 is 0 Å². The van der Waals surface area contributed by atoms with Gasteiger partial charge >= 0.3 is 0 Å². The van der Waals surface area contributed by atoms with Crippen molar-refractivity contribution in [3.05, 3.63) is 39.9 Å². The molecule has 108 valence electrons. The monoisotopic (exact) mass is 276 g/mol. The third-order valence-corrected chi connectivity index (χ3v) is 3.42.